The molecule has 0 radical (unpaired) electrons. The van der Waals surface area contributed by atoms with E-state index in [-0.39, 0.29) is 10.8 Å². The molecule has 35 heavy (non-hydrogen) atoms. The van der Waals surface area contributed by atoms with Crippen molar-refractivity contribution < 1.29 is 17.9 Å². The second-order valence-electron chi connectivity index (χ2n) is 8.96. The predicted octanol–water partition coefficient (Wildman–Crippen LogP) is 2.74. The standard InChI is InChI=1S/C25H31N5O4S/c1-3-30-20-12-11-18(35(32,33)29-13-7-4-8-14-29)15-19(20)27-24(30)17-28-16-23(25(31)26-2)34-22-10-6-5-9-21(22)28/h5-6,9-12,15,23H,3-4,7-8,13-14,16-17H2,1-2H3,(H,26,31)/t23-/m0/s1. The van der Waals surface area contributed by atoms with E-state index in [1.54, 1.807) is 23.5 Å². The molecule has 1 N–H and O–H groups in total. The number of rotatable bonds is 6. The molecule has 1 aromatic heterocycles. The molecule has 0 unspecified atom stereocenters. The van der Waals surface area contributed by atoms with Crippen molar-refractivity contribution in [2.45, 2.75) is 50.3 Å². The fraction of sp³-hybridized carbons (Fsp3) is 0.440. The van der Waals surface area contributed by atoms with E-state index in [4.69, 9.17) is 9.72 Å². The third-order valence-corrected chi connectivity index (χ3v) is 8.69. The van der Waals surface area contributed by atoms with Gasteiger partial charge in [-0.05, 0) is 50.1 Å². The maximum Gasteiger partial charge on any atom is 0.262 e. The zero-order chi connectivity index (χ0) is 24.6. The molecule has 10 heteroatoms. The summed E-state index contributed by atoms with van der Waals surface area (Å²) >= 11 is 0. The van der Waals surface area contributed by atoms with Crippen LogP contribution in [0.2, 0.25) is 0 Å². The smallest absolute Gasteiger partial charge is 0.262 e. The molecule has 0 spiro atoms. The van der Waals surface area contributed by atoms with E-state index in [9.17, 15) is 13.2 Å². The van der Waals surface area contributed by atoms with Gasteiger partial charge in [-0.15, -0.1) is 0 Å². The fourth-order valence-electron chi connectivity index (χ4n) is 4.97. The number of sulfonamides is 1. The van der Waals surface area contributed by atoms with Gasteiger partial charge in [-0.25, -0.2) is 13.4 Å². The van der Waals surface area contributed by atoms with Gasteiger partial charge in [0.2, 0.25) is 10.0 Å². The van der Waals surface area contributed by atoms with Gasteiger partial charge in [-0.2, -0.15) is 4.31 Å². The number of anilines is 1. The van der Waals surface area contributed by atoms with Crippen LogP contribution in [0.5, 0.6) is 5.75 Å². The summed E-state index contributed by atoms with van der Waals surface area (Å²) in [4.78, 5) is 19.6. The molecule has 0 aliphatic carbocycles. The molecule has 3 aromatic rings. The van der Waals surface area contributed by atoms with Crippen LogP contribution in [-0.2, 0) is 27.9 Å². The zero-order valence-corrected chi connectivity index (χ0v) is 20.9. The number of carbonyl (C=O) groups is 1. The summed E-state index contributed by atoms with van der Waals surface area (Å²) < 4.78 is 36.0. The summed E-state index contributed by atoms with van der Waals surface area (Å²) in [5, 5.41) is 2.67. The van der Waals surface area contributed by atoms with Crippen molar-refractivity contribution in [1.82, 2.24) is 19.2 Å². The minimum atomic E-state index is -3.54. The Hall–Kier alpha value is -3.11. The van der Waals surface area contributed by atoms with Crippen LogP contribution in [0.1, 0.15) is 32.0 Å². The van der Waals surface area contributed by atoms with Crippen molar-refractivity contribution in [2.75, 3.05) is 31.6 Å². The van der Waals surface area contributed by atoms with Gasteiger partial charge >= 0.3 is 0 Å². The average molecular weight is 498 g/mol. The maximum atomic E-state index is 13.2. The molecule has 1 fully saturated rings. The molecule has 3 heterocycles. The second kappa shape index (κ2) is 9.50. The largest absolute Gasteiger partial charge is 0.477 e. The molecule has 2 aliphatic rings. The first-order valence-corrected chi connectivity index (χ1v) is 13.6. The number of hydrogen-bond acceptors (Lipinski definition) is 6. The highest BCUT2D eigenvalue weighted by Gasteiger charge is 2.31. The summed E-state index contributed by atoms with van der Waals surface area (Å²) in [5.41, 5.74) is 2.45. The van der Waals surface area contributed by atoms with Crippen LogP contribution in [0.3, 0.4) is 0 Å². The van der Waals surface area contributed by atoms with Crippen LogP contribution in [0.4, 0.5) is 5.69 Å². The van der Waals surface area contributed by atoms with Crippen LogP contribution in [-0.4, -0.2) is 61.0 Å². The third kappa shape index (κ3) is 4.36. The lowest BCUT2D eigenvalue weighted by atomic mass is 10.1. The first kappa shape index (κ1) is 23.6. The Morgan fingerprint density at radius 3 is 2.66 bits per heavy atom. The number of likely N-dealkylation sites (N-methyl/N-ethyl adjacent to an activating group) is 1. The molecule has 1 amide bonds. The van der Waals surface area contributed by atoms with Crippen molar-refractivity contribution in [3.8, 4) is 5.75 Å². The number of aryl methyl sites for hydroxylation is 1. The number of piperidine rings is 1. The quantitative estimate of drug-likeness (QED) is 0.563. The highest BCUT2D eigenvalue weighted by Crippen LogP contribution is 2.34. The SMILES string of the molecule is CCn1c(CN2C[C@@H](C(=O)NC)Oc3ccccc32)nc2cc(S(=O)(=O)N3CCCCC3)ccc21. The van der Waals surface area contributed by atoms with Gasteiger partial charge in [0.25, 0.3) is 5.91 Å². The molecule has 0 bridgehead atoms. The molecule has 1 atom stereocenters. The number of ether oxygens (including phenoxy) is 1. The molecule has 5 rings (SSSR count). The van der Waals surface area contributed by atoms with Gasteiger partial charge in [-0.1, -0.05) is 18.6 Å². The number of nitrogens with one attached hydrogen (secondary N) is 1. The number of aromatic nitrogens is 2. The van der Waals surface area contributed by atoms with E-state index in [2.05, 4.69) is 14.8 Å². The Morgan fingerprint density at radius 1 is 1.14 bits per heavy atom. The van der Waals surface area contributed by atoms with Crippen molar-refractivity contribution in [1.29, 1.82) is 0 Å². The molecular weight excluding hydrogens is 466 g/mol. The number of carbonyl (C=O) groups excluding carboxylic acids is 1. The Morgan fingerprint density at radius 2 is 1.91 bits per heavy atom. The number of imidazole rings is 1. The van der Waals surface area contributed by atoms with Crippen molar-refractivity contribution in [2.24, 2.45) is 0 Å². The highest BCUT2D eigenvalue weighted by molar-refractivity contribution is 7.89. The number of amides is 1. The van der Waals surface area contributed by atoms with Crippen LogP contribution in [0.25, 0.3) is 11.0 Å². The van der Waals surface area contributed by atoms with Gasteiger partial charge in [0.1, 0.15) is 11.6 Å². The second-order valence-corrected chi connectivity index (χ2v) is 10.9. The molecular formula is C25H31N5O4S. The van der Waals surface area contributed by atoms with Gasteiger partial charge < -0.3 is 19.5 Å². The number of benzene rings is 2. The van der Waals surface area contributed by atoms with E-state index < -0.39 is 16.1 Å². The van der Waals surface area contributed by atoms with Crippen LogP contribution in [0.15, 0.2) is 47.4 Å². The van der Waals surface area contributed by atoms with Crippen molar-refractivity contribution in [3.63, 3.8) is 0 Å². The molecule has 186 valence electrons. The Kier molecular flexibility index (Phi) is 6.41. The maximum absolute atomic E-state index is 13.2. The van der Waals surface area contributed by atoms with E-state index in [1.165, 1.54) is 0 Å². The highest BCUT2D eigenvalue weighted by atomic mass is 32.2. The molecule has 9 nitrogen and oxygen atoms in total. The lowest BCUT2D eigenvalue weighted by Gasteiger charge is -2.35. The Bertz CT molecular complexity index is 1350. The van der Waals surface area contributed by atoms with Crippen molar-refractivity contribution >= 4 is 32.7 Å². The average Bonchev–Trinajstić information content (AvgIpc) is 3.24. The third-order valence-electron chi connectivity index (χ3n) is 6.80. The van der Waals surface area contributed by atoms with E-state index in [0.717, 1.165) is 36.3 Å². The van der Waals surface area contributed by atoms with E-state index in [0.29, 0.717) is 44.0 Å². The number of hydrogen-bond donors (Lipinski definition) is 1. The minimum Gasteiger partial charge on any atom is -0.477 e. The van der Waals surface area contributed by atoms with Crippen LogP contribution < -0.4 is 15.0 Å². The van der Waals surface area contributed by atoms with Crippen LogP contribution in [0, 0.1) is 0 Å². The normalized spacial score (nSPS) is 18.8. The first-order chi connectivity index (χ1) is 16.9. The van der Waals surface area contributed by atoms with Gasteiger partial charge in [0.15, 0.2) is 6.10 Å². The minimum absolute atomic E-state index is 0.180. The lowest BCUT2D eigenvalue weighted by Crippen LogP contribution is -2.48. The van der Waals surface area contributed by atoms with E-state index >= 15 is 0 Å². The van der Waals surface area contributed by atoms with Crippen molar-refractivity contribution in [3.05, 3.63) is 48.3 Å². The lowest BCUT2D eigenvalue weighted by molar-refractivity contribution is -0.127. The Balaban J connectivity index is 1.49. The first-order valence-electron chi connectivity index (χ1n) is 12.1. The number of nitrogens with zero attached hydrogens (tertiary/aromatic N) is 4. The summed E-state index contributed by atoms with van der Waals surface area (Å²) in [7, 11) is -1.94. The van der Waals surface area contributed by atoms with Crippen LogP contribution >= 0.6 is 0 Å². The summed E-state index contributed by atoms with van der Waals surface area (Å²) in [5.74, 6) is 1.28. The molecule has 2 aromatic carbocycles. The monoisotopic (exact) mass is 497 g/mol. The summed E-state index contributed by atoms with van der Waals surface area (Å²) in [6.07, 6.45) is 2.24. The van der Waals surface area contributed by atoms with Gasteiger partial charge in [0.05, 0.1) is 34.7 Å². The van der Waals surface area contributed by atoms with E-state index in [1.807, 2.05) is 37.3 Å². The number of para-hydroxylation sites is 2. The number of fused-ring (bicyclic) bond motifs is 2. The predicted molar refractivity (Wildman–Crippen MR) is 134 cm³/mol. The topological polar surface area (TPSA) is 96.8 Å². The molecule has 0 saturated carbocycles. The summed E-state index contributed by atoms with van der Waals surface area (Å²) in [6.45, 7) is 4.72. The summed E-state index contributed by atoms with van der Waals surface area (Å²) in [6, 6.07) is 12.9. The zero-order valence-electron chi connectivity index (χ0n) is 20.1. The molecule has 2 aliphatic heterocycles. The van der Waals surface area contributed by atoms with Gasteiger partial charge in [-0.3, -0.25) is 4.79 Å². The fourth-order valence-corrected chi connectivity index (χ4v) is 6.51. The Labute approximate surface area is 205 Å². The van der Waals surface area contributed by atoms with Gasteiger partial charge in [0, 0.05) is 26.7 Å². The molecule has 1 saturated heterocycles.